The SMILES string of the molecule is C[C@H](Sc1ccc(S(=O)(=O)N2CCCCC2)cn1)C(=O)N(C)c1ccccc1. The molecular formula is C20H25N3O3S2. The number of rotatable bonds is 6. The average Bonchev–Trinajstić information content (AvgIpc) is 2.74. The van der Waals surface area contributed by atoms with Crippen LogP contribution in [0.15, 0.2) is 58.6 Å². The van der Waals surface area contributed by atoms with Crippen LogP contribution in [0.2, 0.25) is 0 Å². The first-order chi connectivity index (χ1) is 13.4. The number of pyridine rings is 1. The van der Waals surface area contributed by atoms with E-state index in [4.69, 9.17) is 0 Å². The Labute approximate surface area is 171 Å². The summed E-state index contributed by atoms with van der Waals surface area (Å²) in [5.41, 5.74) is 0.830. The Morgan fingerprint density at radius 3 is 2.39 bits per heavy atom. The van der Waals surface area contributed by atoms with E-state index in [1.165, 1.54) is 22.3 Å². The van der Waals surface area contributed by atoms with Crippen molar-refractivity contribution in [3.63, 3.8) is 0 Å². The lowest BCUT2D eigenvalue weighted by Crippen LogP contribution is -2.35. The summed E-state index contributed by atoms with van der Waals surface area (Å²) in [7, 11) is -1.74. The Bertz CT molecular complexity index is 896. The zero-order valence-corrected chi connectivity index (χ0v) is 17.7. The molecule has 8 heteroatoms. The van der Waals surface area contributed by atoms with Crippen LogP contribution in [0.25, 0.3) is 0 Å². The molecule has 0 spiro atoms. The number of carbonyl (C=O) groups excluding carboxylic acids is 1. The Morgan fingerprint density at radius 1 is 1.11 bits per heavy atom. The molecule has 0 radical (unpaired) electrons. The summed E-state index contributed by atoms with van der Waals surface area (Å²) >= 11 is 1.32. The molecule has 28 heavy (non-hydrogen) atoms. The molecule has 2 aromatic rings. The molecule has 1 saturated heterocycles. The zero-order chi connectivity index (χ0) is 20.1. The van der Waals surface area contributed by atoms with Gasteiger partial charge in [0, 0.05) is 32.0 Å². The van der Waals surface area contributed by atoms with E-state index in [2.05, 4.69) is 4.98 Å². The number of piperidine rings is 1. The Hall–Kier alpha value is -1.90. The van der Waals surface area contributed by atoms with E-state index in [1.807, 2.05) is 37.3 Å². The molecule has 0 bridgehead atoms. The van der Waals surface area contributed by atoms with Gasteiger partial charge in [0.25, 0.3) is 0 Å². The van der Waals surface area contributed by atoms with Gasteiger partial charge in [0.15, 0.2) is 0 Å². The van der Waals surface area contributed by atoms with Gasteiger partial charge in [-0.15, -0.1) is 0 Å². The highest BCUT2D eigenvalue weighted by molar-refractivity contribution is 8.00. The van der Waals surface area contributed by atoms with Gasteiger partial charge >= 0.3 is 0 Å². The molecule has 6 nitrogen and oxygen atoms in total. The molecule has 1 amide bonds. The van der Waals surface area contributed by atoms with Crippen LogP contribution in [0.1, 0.15) is 26.2 Å². The second kappa shape index (κ2) is 9.07. The van der Waals surface area contributed by atoms with Gasteiger partial charge < -0.3 is 4.90 Å². The first-order valence-corrected chi connectivity index (χ1v) is 11.7. The van der Waals surface area contributed by atoms with Gasteiger partial charge in [-0.1, -0.05) is 36.4 Å². The highest BCUT2D eigenvalue weighted by Crippen LogP contribution is 2.26. The number of para-hydroxylation sites is 1. The predicted octanol–water partition coefficient (Wildman–Crippen LogP) is 3.40. The predicted molar refractivity (Wildman–Crippen MR) is 112 cm³/mol. The van der Waals surface area contributed by atoms with Gasteiger partial charge in [-0.25, -0.2) is 13.4 Å². The molecule has 3 rings (SSSR count). The average molecular weight is 420 g/mol. The largest absolute Gasteiger partial charge is 0.315 e. The first-order valence-electron chi connectivity index (χ1n) is 9.35. The molecule has 1 aliphatic heterocycles. The van der Waals surface area contributed by atoms with Crippen LogP contribution >= 0.6 is 11.8 Å². The normalized spacial score (nSPS) is 16.5. The van der Waals surface area contributed by atoms with Gasteiger partial charge in [-0.05, 0) is 44.0 Å². The number of carbonyl (C=O) groups is 1. The third kappa shape index (κ3) is 4.74. The lowest BCUT2D eigenvalue weighted by Gasteiger charge is -2.25. The van der Waals surface area contributed by atoms with Crippen LogP contribution < -0.4 is 4.90 Å². The third-order valence-electron chi connectivity index (χ3n) is 4.78. The van der Waals surface area contributed by atoms with Crippen molar-refractivity contribution in [3.05, 3.63) is 48.7 Å². The van der Waals surface area contributed by atoms with E-state index in [0.717, 1.165) is 24.9 Å². The fourth-order valence-electron chi connectivity index (χ4n) is 3.13. The number of benzene rings is 1. The molecular weight excluding hydrogens is 394 g/mol. The van der Waals surface area contributed by atoms with Gasteiger partial charge in [-0.3, -0.25) is 4.79 Å². The van der Waals surface area contributed by atoms with Crippen molar-refractivity contribution in [1.29, 1.82) is 0 Å². The second-order valence-electron chi connectivity index (χ2n) is 6.79. The standard InChI is InChI=1S/C20H25N3O3S2/c1-16(20(24)22(2)17-9-5-3-6-10-17)27-19-12-11-18(15-21-19)28(25,26)23-13-7-4-8-14-23/h3,5-6,9-12,15-16H,4,7-8,13-14H2,1-2H3/t16-/m0/s1. The number of nitrogens with zero attached hydrogens (tertiary/aromatic N) is 3. The van der Waals surface area contributed by atoms with Crippen molar-refractivity contribution in [1.82, 2.24) is 9.29 Å². The van der Waals surface area contributed by atoms with E-state index in [1.54, 1.807) is 24.1 Å². The van der Waals surface area contributed by atoms with Gasteiger partial charge in [0.2, 0.25) is 15.9 Å². The lowest BCUT2D eigenvalue weighted by atomic mass is 10.2. The van der Waals surface area contributed by atoms with Gasteiger partial charge in [0.1, 0.15) is 4.90 Å². The Balaban J connectivity index is 1.66. The monoisotopic (exact) mass is 419 g/mol. The minimum absolute atomic E-state index is 0.0389. The fourth-order valence-corrected chi connectivity index (χ4v) is 5.47. The molecule has 0 unspecified atom stereocenters. The molecule has 1 fully saturated rings. The summed E-state index contributed by atoms with van der Waals surface area (Å²) in [6.45, 7) is 2.96. The van der Waals surface area contributed by atoms with Crippen LogP contribution in [-0.4, -0.2) is 49.0 Å². The quantitative estimate of drug-likeness (QED) is 0.671. The van der Waals surface area contributed by atoms with Crippen LogP contribution in [0.3, 0.4) is 0 Å². The molecule has 150 valence electrons. The lowest BCUT2D eigenvalue weighted by molar-refractivity contribution is -0.117. The maximum atomic E-state index is 12.7. The summed E-state index contributed by atoms with van der Waals surface area (Å²) in [4.78, 5) is 18.8. The first kappa shape index (κ1) is 20.8. The molecule has 2 heterocycles. The van der Waals surface area contributed by atoms with Crippen molar-refractivity contribution in [2.45, 2.75) is 41.4 Å². The number of hydrogen-bond acceptors (Lipinski definition) is 5. The minimum atomic E-state index is -3.49. The number of sulfonamides is 1. The summed E-state index contributed by atoms with van der Waals surface area (Å²) in [6, 6.07) is 12.7. The van der Waals surface area contributed by atoms with Crippen LogP contribution in [0.4, 0.5) is 5.69 Å². The highest BCUT2D eigenvalue weighted by Gasteiger charge is 2.26. The molecule has 1 aromatic carbocycles. The summed E-state index contributed by atoms with van der Waals surface area (Å²) < 4.78 is 26.9. The smallest absolute Gasteiger partial charge is 0.244 e. The maximum absolute atomic E-state index is 12.7. The second-order valence-corrected chi connectivity index (χ2v) is 10.1. The number of thioether (sulfide) groups is 1. The van der Waals surface area contributed by atoms with Crippen LogP contribution in [-0.2, 0) is 14.8 Å². The van der Waals surface area contributed by atoms with E-state index in [0.29, 0.717) is 18.1 Å². The topological polar surface area (TPSA) is 70.6 Å². The maximum Gasteiger partial charge on any atom is 0.244 e. The Morgan fingerprint density at radius 2 is 1.79 bits per heavy atom. The summed E-state index contributed by atoms with van der Waals surface area (Å²) in [5, 5.41) is 0.280. The molecule has 1 atom stereocenters. The Kier molecular flexibility index (Phi) is 6.74. The van der Waals surface area contributed by atoms with Crippen molar-refractivity contribution in [2.24, 2.45) is 0 Å². The molecule has 0 N–H and O–H groups in total. The van der Waals surface area contributed by atoms with E-state index >= 15 is 0 Å². The highest BCUT2D eigenvalue weighted by atomic mass is 32.2. The number of anilines is 1. The van der Waals surface area contributed by atoms with Gasteiger partial charge in [-0.2, -0.15) is 4.31 Å². The van der Waals surface area contributed by atoms with Crippen molar-refractivity contribution in [2.75, 3.05) is 25.0 Å². The van der Waals surface area contributed by atoms with Crippen LogP contribution in [0.5, 0.6) is 0 Å². The number of amides is 1. The van der Waals surface area contributed by atoms with Crippen molar-refractivity contribution < 1.29 is 13.2 Å². The molecule has 1 aliphatic rings. The van der Waals surface area contributed by atoms with Crippen LogP contribution in [0, 0.1) is 0 Å². The van der Waals surface area contributed by atoms with Crippen molar-refractivity contribution >= 4 is 33.4 Å². The summed E-state index contributed by atoms with van der Waals surface area (Å²) in [5.74, 6) is -0.0389. The van der Waals surface area contributed by atoms with E-state index < -0.39 is 10.0 Å². The fraction of sp³-hybridized carbons (Fsp3) is 0.400. The third-order valence-corrected chi connectivity index (χ3v) is 7.70. The molecule has 1 aromatic heterocycles. The van der Waals surface area contributed by atoms with Gasteiger partial charge in [0.05, 0.1) is 10.3 Å². The minimum Gasteiger partial charge on any atom is -0.315 e. The number of hydrogen-bond donors (Lipinski definition) is 0. The summed E-state index contributed by atoms with van der Waals surface area (Å²) in [6.07, 6.45) is 4.26. The molecule has 0 aliphatic carbocycles. The van der Waals surface area contributed by atoms with E-state index in [-0.39, 0.29) is 16.1 Å². The van der Waals surface area contributed by atoms with Crippen molar-refractivity contribution in [3.8, 4) is 0 Å². The zero-order valence-electron chi connectivity index (χ0n) is 16.1. The molecule has 0 saturated carbocycles. The van der Waals surface area contributed by atoms with E-state index in [9.17, 15) is 13.2 Å². The number of aromatic nitrogens is 1.